The van der Waals surface area contributed by atoms with Gasteiger partial charge in [-0.1, -0.05) is 92.7 Å². The van der Waals surface area contributed by atoms with Crippen LogP contribution in [0.3, 0.4) is 0 Å². The maximum atomic E-state index is 5.91. The molecule has 5 atom stereocenters. The molecule has 3 rings (SSSR count). The highest BCUT2D eigenvalue weighted by Gasteiger charge is 2.37. The lowest BCUT2D eigenvalue weighted by molar-refractivity contribution is 0.351. The first kappa shape index (κ1) is 23.5. The van der Waals surface area contributed by atoms with Crippen molar-refractivity contribution < 1.29 is 4.74 Å². The van der Waals surface area contributed by atoms with E-state index in [1.54, 1.807) is 0 Å². The Morgan fingerprint density at radius 1 is 0.839 bits per heavy atom. The van der Waals surface area contributed by atoms with Gasteiger partial charge in [0.1, 0.15) is 0 Å². The number of epoxide rings is 1. The van der Waals surface area contributed by atoms with E-state index in [0.717, 1.165) is 25.7 Å². The van der Waals surface area contributed by atoms with Crippen LogP contribution < -0.4 is 0 Å². The second kappa shape index (κ2) is 12.7. The van der Waals surface area contributed by atoms with Crippen LogP contribution in [0, 0.1) is 5.92 Å². The van der Waals surface area contributed by atoms with Crippen LogP contribution in [0.15, 0.2) is 85.5 Å². The smallest absolute Gasteiger partial charge is 0.0844 e. The van der Waals surface area contributed by atoms with E-state index in [0.29, 0.717) is 30.0 Å². The summed E-state index contributed by atoms with van der Waals surface area (Å²) in [5.74, 6) is 1.73. The topological polar surface area (TPSA) is 12.5 Å². The normalized spacial score (nSPS) is 21.0. The maximum Gasteiger partial charge on any atom is 0.0844 e. The van der Waals surface area contributed by atoms with Gasteiger partial charge in [-0.15, -0.1) is 6.58 Å². The van der Waals surface area contributed by atoms with Crippen molar-refractivity contribution in [3.8, 4) is 0 Å². The first-order chi connectivity index (χ1) is 15.2. The highest BCUT2D eigenvalue weighted by molar-refractivity contribution is 5.21. The first-order valence-electron chi connectivity index (χ1n) is 12.3. The van der Waals surface area contributed by atoms with E-state index in [4.69, 9.17) is 4.74 Å². The molecule has 1 aliphatic rings. The molecule has 31 heavy (non-hydrogen) atoms. The minimum absolute atomic E-state index is 0.482. The lowest BCUT2D eigenvalue weighted by Gasteiger charge is -2.23. The summed E-state index contributed by atoms with van der Waals surface area (Å²) in [4.78, 5) is 0. The zero-order valence-electron chi connectivity index (χ0n) is 19.5. The molecule has 0 saturated carbocycles. The summed E-state index contributed by atoms with van der Waals surface area (Å²) in [5, 5.41) is 0. The third-order valence-corrected chi connectivity index (χ3v) is 6.88. The Labute approximate surface area is 190 Å². The van der Waals surface area contributed by atoms with Gasteiger partial charge >= 0.3 is 0 Å². The molecule has 2 aromatic carbocycles. The Kier molecular flexibility index (Phi) is 9.62. The average Bonchev–Trinajstić information content (AvgIpc) is 3.58. The molecular weight excluding hydrogens is 376 g/mol. The predicted octanol–water partition coefficient (Wildman–Crippen LogP) is 8.45. The Morgan fingerprint density at radius 3 is 2.10 bits per heavy atom. The molecule has 0 spiro atoms. The van der Waals surface area contributed by atoms with Gasteiger partial charge in [-0.25, -0.2) is 0 Å². The molecule has 2 aromatic rings. The van der Waals surface area contributed by atoms with E-state index in [2.05, 4.69) is 99.3 Å². The Morgan fingerprint density at radius 2 is 1.45 bits per heavy atom. The van der Waals surface area contributed by atoms with Gasteiger partial charge in [-0.05, 0) is 73.8 Å². The Bertz CT molecular complexity index is 779. The van der Waals surface area contributed by atoms with Crippen molar-refractivity contribution in [3.05, 3.63) is 96.6 Å². The molecule has 0 aromatic heterocycles. The van der Waals surface area contributed by atoms with Crippen molar-refractivity contribution in [1.82, 2.24) is 0 Å². The van der Waals surface area contributed by atoms with Gasteiger partial charge in [0.2, 0.25) is 0 Å². The fourth-order valence-electron chi connectivity index (χ4n) is 4.80. The molecule has 166 valence electrons. The Balaban J connectivity index is 1.30. The molecule has 5 unspecified atom stereocenters. The summed E-state index contributed by atoms with van der Waals surface area (Å²) in [6, 6.07) is 21.7. The van der Waals surface area contributed by atoms with Crippen LogP contribution in [0.2, 0.25) is 0 Å². The number of allylic oxidation sites excluding steroid dienone is 3. The molecule has 0 radical (unpaired) electrons. The summed E-state index contributed by atoms with van der Waals surface area (Å²) in [5.41, 5.74) is 2.88. The summed E-state index contributed by atoms with van der Waals surface area (Å²) in [6.45, 7) is 8.73. The largest absolute Gasteiger partial charge is 0.370 e. The minimum atomic E-state index is 0.482. The third-order valence-electron chi connectivity index (χ3n) is 6.88. The second-order valence-corrected chi connectivity index (χ2v) is 9.05. The molecule has 0 amide bonds. The van der Waals surface area contributed by atoms with E-state index >= 15 is 0 Å². The monoisotopic (exact) mass is 416 g/mol. The lowest BCUT2D eigenvalue weighted by atomic mass is 9.81. The van der Waals surface area contributed by atoms with Gasteiger partial charge in [-0.2, -0.15) is 0 Å². The van der Waals surface area contributed by atoms with Gasteiger partial charge in [-0.3, -0.25) is 0 Å². The molecule has 0 N–H and O–H groups in total. The van der Waals surface area contributed by atoms with Crippen LogP contribution in [-0.4, -0.2) is 12.2 Å². The van der Waals surface area contributed by atoms with E-state index in [1.165, 1.54) is 30.4 Å². The minimum Gasteiger partial charge on any atom is -0.370 e. The fourth-order valence-corrected chi connectivity index (χ4v) is 4.80. The molecule has 1 heteroatoms. The number of hydrogen-bond donors (Lipinski definition) is 0. The molecule has 0 bridgehead atoms. The molecule has 1 aliphatic heterocycles. The summed E-state index contributed by atoms with van der Waals surface area (Å²) in [7, 11) is 0. The fraction of sp³-hybridized carbons (Fsp3) is 0.467. The van der Waals surface area contributed by atoms with Crippen LogP contribution in [0.4, 0.5) is 0 Å². The van der Waals surface area contributed by atoms with Crippen LogP contribution in [0.25, 0.3) is 0 Å². The SMILES string of the molecule is C=CC(CC/C=C/CCC1OC1CCC(C)c1ccccc1)C(CC)c1ccccc1. The summed E-state index contributed by atoms with van der Waals surface area (Å²) in [6.07, 6.45) is 16.0. The molecule has 1 saturated heterocycles. The van der Waals surface area contributed by atoms with E-state index in [-0.39, 0.29) is 0 Å². The number of rotatable bonds is 14. The lowest BCUT2D eigenvalue weighted by Crippen LogP contribution is -2.10. The van der Waals surface area contributed by atoms with Gasteiger partial charge in [0, 0.05) is 0 Å². The molecule has 0 aliphatic carbocycles. The van der Waals surface area contributed by atoms with Crippen molar-refractivity contribution in [1.29, 1.82) is 0 Å². The zero-order chi connectivity index (χ0) is 21.9. The van der Waals surface area contributed by atoms with E-state index < -0.39 is 0 Å². The summed E-state index contributed by atoms with van der Waals surface area (Å²) < 4.78 is 5.91. The number of hydrogen-bond acceptors (Lipinski definition) is 1. The molecule has 1 fully saturated rings. The van der Waals surface area contributed by atoms with Gasteiger partial charge in [0.15, 0.2) is 0 Å². The third kappa shape index (κ3) is 7.51. The van der Waals surface area contributed by atoms with Crippen molar-refractivity contribution >= 4 is 0 Å². The van der Waals surface area contributed by atoms with E-state index in [9.17, 15) is 0 Å². The molecule has 1 heterocycles. The van der Waals surface area contributed by atoms with Gasteiger partial charge in [0.05, 0.1) is 12.2 Å². The Hall–Kier alpha value is -2.12. The van der Waals surface area contributed by atoms with Crippen molar-refractivity contribution in [2.24, 2.45) is 5.92 Å². The standard InChI is InChI=1S/C30H40O/c1-4-25(28(5-2)27-19-13-9-14-20-27)16-10-6-7-15-21-29-30(31-29)23-22-24(3)26-17-11-8-12-18-26/h4,6-9,11-14,17-20,24-25,28-30H,1,5,10,15-16,21-23H2,2-3H3/b7-6+. The van der Waals surface area contributed by atoms with Crippen molar-refractivity contribution in [2.75, 3.05) is 0 Å². The number of ether oxygens (including phenoxy) is 1. The molecular formula is C30H40O. The summed E-state index contributed by atoms with van der Waals surface area (Å²) >= 11 is 0. The molecule has 1 nitrogen and oxygen atoms in total. The average molecular weight is 417 g/mol. The quantitative estimate of drug-likeness (QED) is 0.222. The number of benzene rings is 2. The van der Waals surface area contributed by atoms with Crippen LogP contribution >= 0.6 is 0 Å². The van der Waals surface area contributed by atoms with Crippen LogP contribution in [0.5, 0.6) is 0 Å². The van der Waals surface area contributed by atoms with Gasteiger partial charge in [0.25, 0.3) is 0 Å². The zero-order valence-corrected chi connectivity index (χ0v) is 19.5. The van der Waals surface area contributed by atoms with Crippen molar-refractivity contribution in [2.45, 2.75) is 82.8 Å². The highest BCUT2D eigenvalue weighted by atomic mass is 16.6. The predicted molar refractivity (Wildman–Crippen MR) is 134 cm³/mol. The maximum absolute atomic E-state index is 5.91. The van der Waals surface area contributed by atoms with Crippen molar-refractivity contribution in [3.63, 3.8) is 0 Å². The van der Waals surface area contributed by atoms with E-state index in [1.807, 2.05) is 0 Å². The second-order valence-electron chi connectivity index (χ2n) is 9.05. The highest BCUT2D eigenvalue weighted by Crippen LogP contribution is 2.34. The van der Waals surface area contributed by atoms with Crippen LogP contribution in [0.1, 0.15) is 81.8 Å². The van der Waals surface area contributed by atoms with Gasteiger partial charge < -0.3 is 4.74 Å². The van der Waals surface area contributed by atoms with Crippen LogP contribution in [-0.2, 0) is 4.74 Å². The first-order valence-corrected chi connectivity index (χ1v) is 12.3.